The molecule has 2 aliphatic rings. The summed E-state index contributed by atoms with van der Waals surface area (Å²) in [5.41, 5.74) is 1.35. The smallest absolute Gasteiger partial charge is 0.224 e. The Morgan fingerprint density at radius 3 is 3.33 bits per heavy atom. The third kappa shape index (κ3) is 2.73. The standard InChI is InChI=1S/C13H18N2OS2/c16-13(7-11-9-17-6-3-14-11)15-4-1-12-10(8-15)2-5-18-12/h2,5,11,14H,1,3-4,6-9H2. The third-order valence-electron chi connectivity index (χ3n) is 3.58. The molecule has 0 bridgehead atoms. The van der Waals surface area contributed by atoms with Gasteiger partial charge in [0.25, 0.3) is 0 Å². The molecule has 18 heavy (non-hydrogen) atoms. The molecule has 1 aromatic rings. The number of nitrogens with zero attached hydrogens (tertiary/aromatic N) is 1. The van der Waals surface area contributed by atoms with Gasteiger partial charge in [0.15, 0.2) is 0 Å². The molecule has 1 amide bonds. The van der Waals surface area contributed by atoms with Gasteiger partial charge in [-0.25, -0.2) is 0 Å². The van der Waals surface area contributed by atoms with Gasteiger partial charge in [-0.1, -0.05) is 0 Å². The summed E-state index contributed by atoms with van der Waals surface area (Å²) in [4.78, 5) is 15.8. The Balaban J connectivity index is 1.57. The van der Waals surface area contributed by atoms with Crippen molar-refractivity contribution in [1.82, 2.24) is 10.2 Å². The molecule has 3 nitrogen and oxygen atoms in total. The predicted molar refractivity (Wildman–Crippen MR) is 77.2 cm³/mol. The zero-order valence-corrected chi connectivity index (χ0v) is 12.0. The molecular weight excluding hydrogens is 264 g/mol. The molecule has 3 heterocycles. The van der Waals surface area contributed by atoms with Gasteiger partial charge in [-0.15, -0.1) is 11.3 Å². The van der Waals surface area contributed by atoms with E-state index in [-0.39, 0.29) is 0 Å². The lowest BCUT2D eigenvalue weighted by atomic mass is 10.1. The SMILES string of the molecule is O=C(CC1CSCCN1)N1CCc2sccc2C1. The summed E-state index contributed by atoms with van der Waals surface area (Å²) in [7, 11) is 0. The summed E-state index contributed by atoms with van der Waals surface area (Å²) >= 11 is 3.77. The second-order valence-electron chi connectivity index (χ2n) is 4.86. The van der Waals surface area contributed by atoms with Crippen molar-refractivity contribution in [1.29, 1.82) is 0 Å². The van der Waals surface area contributed by atoms with E-state index in [9.17, 15) is 4.79 Å². The van der Waals surface area contributed by atoms with Crippen molar-refractivity contribution in [2.24, 2.45) is 0 Å². The van der Waals surface area contributed by atoms with Gasteiger partial charge in [0.1, 0.15) is 0 Å². The van der Waals surface area contributed by atoms with E-state index in [2.05, 4.69) is 16.8 Å². The molecule has 5 heteroatoms. The molecule has 98 valence electrons. The van der Waals surface area contributed by atoms with Crippen LogP contribution in [-0.4, -0.2) is 41.4 Å². The van der Waals surface area contributed by atoms with E-state index in [0.717, 1.165) is 31.8 Å². The number of carbonyl (C=O) groups is 1. The van der Waals surface area contributed by atoms with Gasteiger partial charge in [0.05, 0.1) is 0 Å². The second-order valence-corrected chi connectivity index (χ2v) is 7.01. The molecule has 1 aromatic heterocycles. The van der Waals surface area contributed by atoms with Gasteiger partial charge in [-0.05, 0) is 23.4 Å². The number of thioether (sulfide) groups is 1. The molecule has 1 saturated heterocycles. The number of amides is 1. The summed E-state index contributed by atoms with van der Waals surface area (Å²) in [6.07, 6.45) is 1.69. The lowest BCUT2D eigenvalue weighted by Crippen LogP contribution is -2.43. The highest BCUT2D eigenvalue weighted by Gasteiger charge is 2.24. The first-order valence-corrected chi connectivity index (χ1v) is 8.50. The maximum absolute atomic E-state index is 12.3. The van der Waals surface area contributed by atoms with Crippen LogP contribution >= 0.6 is 23.1 Å². The van der Waals surface area contributed by atoms with Crippen LogP contribution in [0.1, 0.15) is 16.9 Å². The zero-order valence-electron chi connectivity index (χ0n) is 10.4. The molecule has 0 radical (unpaired) electrons. The summed E-state index contributed by atoms with van der Waals surface area (Å²) in [6.45, 7) is 2.75. The minimum absolute atomic E-state index is 0.312. The van der Waals surface area contributed by atoms with E-state index in [1.165, 1.54) is 16.2 Å². The van der Waals surface area contributed by atoms with Gasteiger partial charge < -0.3 is 10.2 Å². The average molecular weight is 282 g/mol. The molecule has 0 saturated carbocycles. The first-order chi connectivity index (χ1) is 8.83. The molecule has 1 fully saturated rings. The number of rotatable bonds is 2. The van der Waals surface area contributed by atoms with E-state index >= 15 is 0 Å². The fourth-order valence-corrected chi connectivity index (χ4v) is 4.39. The highest BCUT2D eigenvalue weighted by Crippen LogP contribution is 2.24. The molecule has 1 N–H and O–H groups in total. The normalized spacial score (nSPS) is 23.8. The minimum atomic E-state index is 0.312. The lowest BCUT2D eigenvalue weighted by Gasteiger charge is -2.30. The molecule has 3 rings (SSSR count). The summed E-state index contributed by atoms with van der Waals surface area (Å²) in [5.74, 6) is 2.56. The molecule has 1 atom stereocenters. The fraction of sp³-hybridized carbons (Fsp3) is 0.615. The molecular formula is C13H18N2OS2. The summed E-state index contributed by atoms with van der Waals surface area (Å²) in [6, 6.07) is 2.54. The van der Waals surface area contributed by atoms with Gasteiger partial charge in [-0.2, -0.15) is 11.8 Å². The lowest BCUT2D eigenvalue weighted by molar-refractivity contribution is -0.132. The van der Waals surface area contributed by atoms with Crippen LogP contribution in [0.25, 0.3) is 0 Å². The van der Waals surface area contributed by atoms with Gasteiger partial charge in [-0.3, -0.25) is 4.79 Å². The quantitative estimate of drug-likeness (QED) is 0.896. The van der Waals surface area contributed by atoms with Crippen molar-refractivity contribution in [2.45, 2.75) is 25.4 Å². The minimum Gasteiger partial charge on any atom is -0.338 e. The highest BCUT2D eigenvalue weighted by atomic mass is 32.2. The van der Waals surface area contributed by atoms with E-state index < -0.39 is 0 Å². The van der Waals surface area contributed by atoms with Crippen molar-refractivity contribution in [3.8, 4) is 0 Å². The van der Waals surface area contributed by atoms with Crippen LogP contribution in [0.5, 0.6) is 0 Å². The van der Waals surface area contributed by atoms with Crippen LogP contribution in [0.4, 0.5) is 0 Å². The fourth-order valence-electron chi connectivity index (χ4n) is 2.55. The number of hydrogen-bond donors (Lipinski definition) is 1. The topological polar surface area (TPSA) is 32.3 Å². The number of nitrogens with one attached hydrogen (secondary N) is 1. The Morgan fingerprint density at radius 1 is 1.56 bits per heavy atom. The van der Waals surface area contributed by atoms with Gasteiger partial charge >= 0.3 is 0 Å². The maximum atomic E-state index is 12.3. The number of fused-ring (bicyclic) bond motifs is 1. The van der Waals surface area contributed by atoms with Gasteiger partial charge in [0, 0.05) is 48.5 Å². The highest BCUT2D eigenvalue weighted by molar-refractivity contribution is 7.99. The van der Waals surface area contributed by atoms with E-state index in [1.807, 2.05) is 28.0 Å². The van der Waals surface area contributed by atoms with Crippen LogP contribution in [0.2, 0.25) is 0 Å². The van der Waals surface area contributed by atoms with Crippen molar-refractivity contribution < 1.29 is 4.79 Å². The van der Waals surface area contributed by atoms with Crippen LogP contribution in [0.3, 0.4) is 0 Å². The number of hydrogen-bond acceptors (Lipinski definition) is 4. The van der Waals surface area contributed by atoms with Crippen molar-refractivity contribution in [2.75, 3.05) is 24.6 Å². The molecule has 0 spiro atoms. The Bertz CT molecular complexity index is 426. The predicted octanol–water partition coefficient (Wildman–Crippen LogP) is 1.73. The zero-order chi connectivity index (χ0) is 12.4. The summed E-state index contributed by atoms with van der Waals surface area (Å²) in [5, 5.41) is 5.57. The Kier molecular flexibility index (Phi) is 3.91. The van der Waals surface area contributed by atoms with Crippen LogP contribution in [0, 0.1) is 0 Å². The third-order valence-corrected chi connectivity index (χ3v) is 5.73. The first kappa shape index (κ1) is 12.5. The van der Waals surface area contributed by atoms with Crippen molar-refractivity contribution >= 4 is 29.0 Å². The van der Waals surface area contributed by atoms with Crippen molar-refractivity contribution in [3.05, 3.63) is 21.9 Å². The van der Waals surface area contributed by atoms with E-state index in [1.54, 1.807) is 0 Å². The molecule has 0 aliphatic carbocycles. The Morgan fingerprint density at radius 2 is 2.50 bits per heavy atom. The molecule has 1 unspecified atom stereocenters. The largest absolute Gasteiger partial charge is 0.338 e. The van der Waals surface area contributed by atoms with E-state index in [4.69, 9.17) is 0 Å². The number of carbonyl (C=O) groups excluding carboxylic acids is 1. The van der Waals surface area contributed by atoms with Crippen LogP contribution in [-0.2, 0) is 17.8 Å². The van der Waals surface area contributed by atoms with Gasteiger partial charge in [0.2, 0.25) is 5.91 Å². The Labute approximate surface area is 116 Å². The molecule has 0 aromatic carbocycles. The first-order valence-electron chi connectivity index (χ1n) is 6.47. The number of thiophene rings is 1. The van der Waals surface area contributed by atoms with Crippen LogP contribution < -0.4 is 5.32 Å². The average Bonchev–Trinajstić information content (AvgIpc) is 2.87. The van der Waals surface area contributed by atoms with Crippen LogP contribution in [0.15, 0.2) is 11.4 Å². The maximum Gasteiger partial charge on any atom is 0.224 e. The Hall–Kier alpha value is -0.520. The summed E-state index contributed by atoms with van der Waals surface area (Å²) < 4.78 is 0. The van der Waals surface area contributed by atoms with Crippen molar-refractivity contribution in [3.63, 3.8) is 0 Å². The second kappa shape index (κ2) is 5.63. The molecule has 2 aliphatic heterocycles. The van der Waals surface area contributed by atoms with E-state index in [0.29, 0.717) is 18.4 Å². The monoisotopic (exact) mass is 282 g/mol.